The Balaban J connectivity index is 1.60. The zero-order chi connectivity index (χ0) is 20.5. The standard InChI is InChI=1S/C24H20ClNO3/c1-14-4-3-5-21(15(14)2)26-23(27)17-8-11-20-18(12-17)13-22(29-24(20)28)16-6-9-19(25)10-7-16/h3-12,22H,13H2,1-2H3,(H,26,27)/t22-/m1/s1. The summed E-state index contributed by atoms with van der Waals surface area (Å²) in [5.74, 6) is -0.587. The molecule has 1 heterocycles. The van der Waals surface area contributed by atoms with Crippen LogP contribution in [-0.4, -0.2) is 11.9 Å². The maximum Gasteiger partial charge on any atom is 0.339 e. The van der Waals surface area contributed by atoms with Crippen LogP contribution in [0.15, 0.2) is 60.7 Å². The zero-order valence-corrected chi connectivity index (χ0v) is 16.9. The Hall–Kier alpha value is -3.11. The van der Waals surface area contributed by atoms with E-state index in [-0.39, 0.29) is 11.9 Å². The minimum atomic E-state index is -0.399. The number of hydrogen-bond acceptors (Lipinski definition) is 3. The number of cyclic esters (lactones) is 1. The highest BCUT2D eigenvalue weighted by atomic mass is 35.5. The van der Waals surface area contributed by atoms with E-state index in [1.165, 1.54) is 0 Å². The van der Waals surface area contributed by atoms with Crippen LogP contribution in [0.4, 0.5) is 5.69 Å². The van der Waals surface area contributed by atoms with E-state index in [0.717, 1.165) is 27.9 Å². The summed E-state index contributed by atoms with van der Waals surface area (Å²) in [5, 5.41) is 3.59. The van der Waals surface area contributed by atoms with E-state index in [1.54, 1.807) is 30.3 Å². The zero-order valence-electron chi connectivity index (χ0n) is 16.2. The maximum absolute atomic E-state index is 12.8. The summed E-state index contributed by atoms with van der Waals surface area (Å²) in [6, 6.07) is 18.1. The molecule has 1 aliphatic rings. The fraction of sp³-hybridized carbons (Fsp3) is 0.167. The molecular weight excluding hydrogens is 386 g/mol. The first-order valence-corrected chi connectivity index (χ1v) is 9.77. The van der Waals surface area contributed by atoms with E-state index in [1.807, 2.05) is 44.2 Å². The number of esters is 1. The van der Waals surface area contributed by atoms with Crippen molar-refractivity contribution in [3.63, 3.8) is 0 Å². The third-order valence-electron chi connectivity index (χ3n) is 5.34. The van der Waals surface area contributed by atoms with E-state index in [9.17, 15) is 9.59 Å². The lowest BCUT2D eigenvalue weighted by molar-refractivity contribution is 0.0252. The number of carbonyl (C=O) groups excluding carboxylic acids is 2. The predicted molar refractivity (Wildman–Crippen MR) is 114 cm³/mol. The van der Waals surface area contributed by atoms with Gasteiger partial charge in [-0.1, -0.05) is 35.9 Å². The minimum Gasteiger partial charge on any atom is -0.454 e. The molecular formula is C24H20ClNO3. The van der Waals surface area contributed by atoms with Crippen molar-refractivity contribution >= 4 is 29.2 Å². The summed E-state index contributed by atoms with van der Waals surface area (Å²) in [4.78, 5) is 25.2. The van der Waals surface area contributed by atoms with Gasteiger partial charge in [0.2, 0.25) is 0 Å². The van der Waals surface area contributed by atoms with E-state index in [2.05, 4.69) is 5.32 Å². The Kier molecular flexibility index (Phi) is 5.12. The summed E-state index contributed by atoms with van der Waals surface area (Å²) in [6.45, 7) is 3.98. The molecule has 3 aromatic carbocycles. The molecule has 0 unspecified atom stereocenters. The maximum atomic E-state index is 12.8. The van der Waals surface area contributed by atoms with Gasteiger partial charge in [-0.05, 0) is 72.5 Å². The van der Waals surface area contributed by atoms with Crippen molar-refractivity contribution in [3.8, 4) is 0 Å². The number of rotatable bonds is 3. The predicted octanol–water partition coefficient (Wildman–Crippen LogP) is 5.66. The Morgan fingerprint density at radius 2 is 1.83 bits per heavy atom. The molecule has 0 aliphatic carbocycles. The van der Waals surface area contributed by atoms with Crippen molar-refractivity contribution in [1.82, 2.24) is 0 Å². The van der Waals surface area contributed by atoms with Gasteiger partial charge in [0.25, 0.3) is 5.91 Å². The first-order chi connectivity index (χ1) is 13.9. The van der Waals surface area contributed by atoms with Crippen LogP contribution in [0.5, 0.6) is 0 Å². The molecule has 0 aromatic heterocycles. The highest BCUT2D eigenvalue weighted by molar-refractivity contribution is 6.30. The van der Waals surface area contributed by atoms with Crippen LogP contribution in [0, 0.1) is 13.8 Å². The third-order valence-corrected chi connectivity index (χ3v) is 5.59. The summed E-state index contributed by atoms with van der Waals surface area (Å²) in [5.41, 5.74) is 5.61. The van der Waals surface area contributed by atoms with Crippen molar-refractivity contribution < 1.29 is 14.3 Å². The molecule has 1 atom stereocenters. The number of hydrogen-bond donors (Lipinski definition) is 1. The first-order valence-electron chi connectivity index (χ1n) is 9.39. The quantitative estimate of drug-likeness (QED) is 0.572. The van der Waals surface area contributed by atoms with Gasteiger partial charge in [0.1, 0.15) is 6.10 Å². The molecule has 0 fully saturated rings. The molecule has 0 radical (unpaired) electrons. The molecule has 5 heteroatoms. The summed E-state index contributed by atoms with van der Waals surface area (Å²) < 4.78 is 5.58. The largest absolute Gasteiger partial charge is 0.454 e. The molecule has 4 rings (SSSR count). The van der Waals surface area contributed by atoms with Crippen LogP contribution in [-0.2, 0) is 11.2 Å². The van der Waals surface area contributed by atoms with Gasteiger partial charge in [-0.2, -0.15) is 0 Å². The molecule has 1 aliphatic heterocycles. The molecule has 0 saturated carbocycles. The van der Waals surface area contributed by atoms with Gasteiger partial charge in [-0.3, -0.25) is 4.79 Å². The van der Waals surface area contributed by atoms with Gasteiger partial charge in [-0.15, -0.1) is 0 Å². The number of halogens is 1. The molecule has 146 valence electrons. The number of benzene rings is 3. The third kappa shape index (κ3) is 3.89. The normalized spacial score (nSPS) is 15.4. The van der Waals surface area contributed by atoms with Gasteiger partial charge in [0.05, 0.1) is 5.56 Å². The number of amides is 1. The fourth-order valence-electron chi connectivity index (χ4n) is 3.48. The molecule has 4 nitrogen and oxygen atoms in total. The second-order valence-electron chi connectivity index (χ2n) is 7.22. The molecule has 1 N–H and O–H groups in total. The van der Waals surface area contributed by atoms with Crippen LogP contribution < -0.4 is 5.32 Å². The van der Waals surface area contributed by atoms with Crippen LogP contribution in [0.2, 0.25) is 5.02 Å². The summed E-state index contributed by atoms with van der Waals surface area (Å²) >= 11 is 5.95. The van der Waals surface area contributed by atoms with Crippen molar-refractivity contribution in [2.75, 3.05) is 5.32 Å². The van der Waals surface area contributed by atoms with Gasteiger partial charge in [0.15, 0.2) is 0 Å². The lowest BCUT2D eigenvalue weighted by Crippen LogP contribution is -2.23. The summed E-state index contributed by atoms with van der Waals surface area (Å²) in [7, 11) is 0. The minimum absolute atomic E-state index is 0.205. The summed E-state index contributed by atoms with van der Waals surface area (Å²) in [6.07, 6.45) is 0.109. The Bertz CT molecular complexity index is 1110. The highest BCUT2D eigenvalue weighted by Crippen LogP contribution is 2.32. The lowest BCUT2D eigenvalue weighted by Gasteiger charge is -2.25. The monoisotopic (exact) mass is 405 g/mol. The van der Waals surface area contributed by atoms with Gasteiger partial charge in [0, 0.05) is 22.7 Å². The Morgan fingerprint density at radius 1 is 1.07 bits per heavy atom. The van der Waals surface area contributed by atoms with E-state index in [4.69, 9.17) is 16.3 Å². The van der Waals surface area contributed by atoms with Crippen LogP contribution in [0.1, 0.15) is 49.1 Å². The molecule has 0 bridgehead atoms. The molecule has 0 spiro atoms. The topological polar surface area (TPSA) is 55.4 Å². The van der Waals surface area contributed by atoms with E-state index >= 15 is 0 Å². The number of fused-ring (bicyclic) bond motifs is 1. The number of nitrogens with one attached hydrogen (secondary N) is 1. The molecule has 1 amide bonds. The van der Waals surface area contributed by atoms with Crippen LogP contribution >= 0.6 is 11.6 Å². The van der Waals surface area contributed by atoms with Crippen molar-refractivity contribution in [1.29, 1.82) is 0 Å². The number of anilines is 1. The second kappa shape index (κ2) is 7.72. The highest BCUT2D eigenvalue weighted by Gasteiger charge is 2.28. The van der Waals surface area contributed by atoms with Crippen LogP contribution in [0.3, 0.4) is 0 Å². The van der Waals surface area contributed by atoms with Crippen molar-refractivity contribution in [2.45, 2.75) is 26.4 Å². The Morgan fingerprint density at radius 3 is 2.59 bits per heavy atom. The second-order valence-corrected chi connectivity index (χ2v) is 7.66. The number of carbonyl (C=O) groups is 2. The lowest BCUT2D eigenvalue weighted by atomic mass is 9.93. The van der Waals surface area contributed by atoms with Crippen molar-refractivity contribution in [3.05, 3.63) is 99.1 Å². The average Bonchev–Trinajstić information content (AvgIpc) is 2.71. The first kappa shape index (κ1) is 19.2. The van der Waals surface area contributed by atoms with E-state index < -0.39 is 6.10 Å². The molecule has 0 saturated heterocycles. The molecule has 29 heavy (non-hydrogen) atoms. The van der Waals surface area contributed by atoms with E-state index in [0.29, 0.717) is 22.6 Å². The van der Waals surface area contributed by atoms with Crippen molar-refractivity contribution in [2.24, 2.45) is 0 Å². The van der Waals surface area contributed by atoms with Gasteiger partial charge >= 0.3 is 5.97 Å². The fourth-order valence-corrected chi connectivity index (χ4v) is 3.61. The smallest absolute Gasteiger partial charge is 0.339 e. The van der Waals surface area contributed by atoms with Gasteiger partial charge < -0.3 is 10.1 Å². The average molecular weight is 406 g/mol. The number of ether oxygens (including phenoxy) is 1. The number of aryl methyl sites for hydroxylation is 1. The molecule has 3 aromatic rings. The Labute approximate surface area is 174 Å². The van der Waals surface area contributed by atoms with Crippen LogP contribution in [0.25, 0.3) is 0 Å². The van der Waals surface area contributed by atoms with Gasteiger partial charge in [-0.25, -0.2) is 4.79 Å². The SMILES string of the molecule is Cc1cccc(NC(=O)c2ccc3c(c2)C[C@H](c2ccc(Cl)cc2)OC3=O)c1C.